The number of nitrogens with zero attached hydrogens (tertiary/aromatic N) is 1. The molecule has 0 fully saturated rings. The van der Waals surface area contributed by atoms with E-state index < -0.39 is 6.04 Å². The van der Waals surface area contributed by atoms with Gasteiger partial charge in [-0.15, -0.1) is 0 Å². The van der Waals surface area contributed by atoms with Crippen molar-refractivity contribution >= 4 is 35.0 Å². The Labute approximate surface area is 253 Å². The Kier molecular flexibility index (Phi) is 11.0. The SMILES string of the molecule is CC[C@@H](C)NC(=O)[C@H](Cc1ccccc1)N(Cc1ccc(Cl)c(Cl)c1)C(=O)CC(c1ccccc1)c1ccccc1. The summed E-state index contributed by atoms with van der Waals surface area (Å²) in [6, 6.07) is 34.5. The number of benzene rings is 4. The number of nitrogens with one attached hydrogen (secondary N) is 1. The second-order valence-corrected chi connectivity index (χ2v) is 11.2. The van der Waals surface area contributed by atoms with E-state index in [4.69, 9.17) is 23.2 Å². The highest BCUT2D eigenvalue weighted by Gasteiger charge is 2.32. The third kappa shape index (κ3) is 8.45. The van der Waals surface area contributed by atoms with Crippen molar-refractivity contribution < 1.29 is 9.59 Å². The lowest BCUT2D eigenvalue weighted by atomic mass is 9.87. The molecule has 0 aromatic heterocycles. The zero-order valence-corrected chi connectivity index (χ0v) is 25.0. The first-order valence-electron chi connectivity index (χ1n) is 14.0. The smallest absolute Gasteiger partial charge is 0.243 e. The minimum absolute atomic E-state index is 0.0240. The van der Waals surface area contributed by atoms with Crippen LogP contribution in [0.5, 0.6) is 0 Å². The van der Waals surface area contributed by atoms with Crippen LogP contribution in [0.4, 0.5) is 0 Å². The van der Waals surface area contributed by atoms with E-state index in [0.29, 0.717) is 16.5 Å². The molecule has 212 valence electrons. The van der Waals surface area contributed by atoms with Crippen molar-refractivity contribution in [3.8, 4) is 0 Å². The van der Waals surface area contributed by atoms with Gasteiger partial charge in [-0.05, 0) is 47.7 Å². The maximum atomic E-state index is 14.4. The van der Waals surface area contributed by atoms with Crippen molar-refractivity contribution in [2.24, 2.45) is 0 Å². The molecule has 0 saturated heterocycles. The standard InChI is InChI=1S/C35H36Cl2N2O2/c1-3-25(2)38-35(41)33(22-26-13-7-4-8-14-26)39(24-27-19-20-31(36)32(37)21-27)34(40)23-30(28-15-9-5-10-16-28)29-17-11-6-12-18-29/h4-21,25,30,33H,3,22-24H2,1-2H3,(H,38,41)/t25-,33+/m1/s1. The van der Waals surface area contributed by atoms with Gasteiger partial charge in [-0.2, -0.15) is 0 Å². The van der Waals surface area contributed by atoms with Gasteiger partial charge in [-0.3, -0.25) is 9.59 Å². The van der Waals surface area contributed by atoms with Crippen LogP contribution in [0.25, 0.3) is 0 Å². The second-order valence-electron chi connectivity index (χ2n) is 10.4. The molecule has 6 heteroatoms. The predicted molar refractivity (Wildman–Crippen MR) is 168 cm³/mol. The van der Waals surface area contributed by atoms with Gasteiger partial charge in [0.05, 0.1) is 10.0 Å². The summed E-state index contributed by atoms with van der Waals surface area (Å²) in [5, 5.41) is 3.98. The van der Waals surface area contributed by atoms with Gasteiger partial charge in [-0.25, -0.2) is 0 Å². The summed E-state index contributed by atoms with van der Waals surface area (Å²) in [6.07, 6.45) is 1.38. The Morgan fingerprint density at radius 1 is 0.756 bits per heavy atom. The number of amides is 2. The second kappa shape index (κ2) is 14.9. The third-order valence-electron chi connectivity index (χ3n) is 7.39. The van der Waals surface area contributed by atoms with Crippen LogP contribution in [-0.2, 0) is 22.6 Å². The largest absolute Gasteiger partial charge is 0.352 e. The van der Waals surface area contributed by atoms with Crippen molar-refractivity contribution in [2.75, 3.05) is 0 Å². The number of hydrogen-bond donors (Lipinski definition) is 1. The van der Waals surface area contributed by atoms with E-state index in [9.17, 15) is 9.59 Å². The summed E-state index contributed by atoms with van der Waals surface area (Å²) in [5.74, 6) is -0.460. The summed E-state index contributed by atoms with van der Waals surface area (Å²) in [7, 11) is 0. The molecule has 0 aliphatic rings. The number of carbonyl (C=O) groups is 2. The molecule has 0 aliphatic heterocycles. The Morgan fingerprint density at radius 2 is 1.32 bits per heavy atom. The fourth-order valence-corrected chi connectivity index (χ4v) is 5.24. The maximum absolute atomic E-state index is 14.4. The van der Waals surface area contributed by atoms with Crippen molar-refractivity contribution in [2.45, 2.75) is 57.7 Å². The lowest BCUT2D eigenvalue weighted by Crippen LogP contribution is -2.52. The van der Waals surface area contributed by atoms with Crippen LogP contribution in [0.1, 0.15) is 54.9 Å². The van der Waals surface area contributed by atoms with Gasteiger partial charge in [0.1, 0.15) is 6.04 Å². The summed E-state index contributed by atoms with van der Waals surface area (Å²) >= 11 is 12.6. The van der Waals surface area contributed by atoms with Crippen LogP contribution in [0.15, 0.2) is 109 Å². The van der Waals surface area contributed by atoms with E-state index in [1.165, 1.54) is 0 Å². The Hall–Kier alpha value is -3.60. The lowest BCUT2D eigenvalue weighted by molar-refractivity contribution is -0.141. The number of halogens is 2. The molecule has 0 heterocycles. The van der Waals surface area contributed by atoms with Gasteiger partial charge in [0.2, 0.25) is 11.8 Å². The van der Waals surface area contributed by atoms with Crippen molar-refractivity contribution in [1.29, 1.82) is 0 Å². The minimum atomic E-state index is -0.722. The first-order chi connectivity index (χ1) is 19.9. The molecule has 41 heavy (non-hydrogen) atoms. The van der Waals surface area contributed by atoms with Crippen LogP contribution in [-0.4, -0.2) is 28.8 Å². The Balaban J connectivity index is 1.75. The number of carbonyl (C=O) groups excluding carboxylic acids is 2. The highest BCUT2D eigenvalue weighted by molar-refractivity contribution is 6.42. The van der Waals surface area contributed by atoms with Crippen molar-refractivity contribution in [3.63, 3.8) is 0 Å². The molecule has 0 aliphatic carbocycles. The molecule has 0 spiro atoms. The molecule has 1 N–H and O–H groups in total. The van der Waals surface area contributed by atoms with E-state index >= 15 is 0 Å². The first-order valence-corrected chi connectivity index (χ1v) is 14.8. The molecular formula is C35H36Cl2N2O2. The highest BCUT2D eigenvalue weighted by Crippen LogP contribution is 2.30. The monoisotopic (exact) mass is 586 g/mol. The average molecular weight is 588 g/mol. The molecular weight excluding hydrogens is 551 g/mol. The van der Waals surface area contributed by atoms with Gasteiger partial charge in [-0.1, -0.05) is 127 Å². The van der Waals surface area contributed by atoms with E-state index in [-0.39, 0.29) is 36.7 Å². The molecule has 4 rings (SSSR count). The molecule has 0 saturated carbocycles. The van der Waals surface area contributed by atoms with Crippen LogP contribution in [0.3, 0.4) is 0 Å². The molecule has 4 aromatic carbocycles. The van der Waals surface area contributed by atoms with Crippen molar-refractivity contribution in [1.82, 2.24) is 10.2 Å². The maximum Gasteiger partial charge on any atom is 0.243 e. The molecule has 2 atom stereocenters. The van der Waals surface area contributed by atoms with Crippen molar-refractivity contribution in [3.05, 3.63) is 141 Å². The summed E-state index contributed by atoms with van der Waals surface area (Å²) in [6.45, 7) is 4.22. The number of hydrogen-bond acceptors (Lipinski definition) is 2. The summed E-state index contributed by atoms with van der Waals surface area (Å²) in [5.41, 5.74) is 3.87. The highest BCUT2D eigenvalue weighted by atomic mass is 35.5. The van der Waals surface area contributed by atoms with E-state index in [2.05, 4.69) is 5.32 Å². The van der Waals surface area contributed by atoms with E-state index in [1.807, 2.05) is 111 Å². The van der Waals surface area contributed by atoms with Gasteiger partial charge in [0.15, 0.2) is 0 Å². The first kappa shape index (κ1) is 30.4. The van der Waals surface area contributed by atoms with E-state index in [0.717, 1.165) is 28.7 Å². The van der Waals surface area contributed by atoms with Crippen LogP contribution >= 0.6 is 23.2 Å². The molecule has 0 unspecified atom stereocenters. The zero-order chi connectivity index (χ0) is 29.2. The summed E-state index contributed by atoms with van der Waals surface area (Å²) in [4.78, 5) is 30.0. The number of rotatable bonds is 12. The molecule has 0 bridgehead atoms. The molecule has 4 aromatic rings. The van der Waals surface area contributed by atoms with Crippen LogP contribution < -0.4 is 5.32 Å². The predicted octanol–water partition coefficient (Wildman–Crippen LogP) is 8.07. The van der Waals surface area contributed by atoms with Gasteiger partial charge < -0.3 is 10.2 Å². The average Bonchev–Trinajstić information content (AvgIpc) is 3.00. The quantitative estimate of drug-likeness (QED) is 0.182. The minimum Gasteiger partial charge on any atom is -0.352 e. The fourth-order valence-electron chi connectivity index (χ4n) is 4.92. The molecule has 2 amide bonds. The Bertz CT molecular complexity index is 1370. The van der Waals surface area contributed by atoms with E-state index in [1.54, 1.807) is 17.0 Å². The van der Waals surface area contributed by atoms with Crippen LogP contribution in [0, 0.1) is 0 Å². The van der Waals surface area contributed by atoms with Crippen LogP contribution in [0.2, 0.25) is 10.0 Å². The molecule has 0 radical (unpaired) electrons. The zero-order valence-electron chi connectivity index (χ0n) is 23.5. The third-order valence-corrected chi connectivity index (χ3v) is 8.13. The van der Waals surface area contributed by atoms with Gasteiger partial charge >= 0.3 is 0 Å². The van der Waals surface area contributed by atoms with Gasteiger partial charge in [0, 0.05) is 31.3 Å². The lowest BCUT2D eigenvalue weighted by Gasteiger charge is -2.33. The normalized spacial score (nSPS) is 12.5. The molecule has 4 nitrogen and oxygen atoms in total. The Morgan fingerprint density at radius 3 is 1.85 bits per heavy atom. The summed E-state index contributed by atoms with van der Waals surface area (Å²) < 4.78 is 0. The van der Waals surface area contributed by atoms with Gasteiger partial charge in [0.25, 0.3) is 0 Å². The topological polar surface area (TPSA) is 49.4 Å². The fraction of sp³-hybridized carbons (Fsp3) is 0.257.